The molecule has 7 nitrogen and oxygen atoms in total. The summed E-state index contributed by atoms with van der Waals surface area (Å²) in [7, 11) is 0. The number of rotatable bonds is 2. The van der Waals surface area contributed by atoms with Crippen LogP contribution in [-0.2, 0) is 19.1 Å². The Kier molecular flexibility index (Phi) is 2.71. The highest BCUT2D eigenvalue weighted by Gasteiger charge is 2.47. The van der Waals surface area contributed by atoms with Crippen LogP contribution in [0.15, 0.2) is 42.2 Å². The minimum atomic E-state index is -0.839. The lowest BCUT2D eigenvalue weighted by molar-refractivity contribution is -0.153. The maximum Gasteiger partial charge on any atom is 0.347 e. The van der Waals surface area contributed by atoms with E-state index in [0.29, 0.717) is 0 Å². The van der Waals surface area contributed by atoms with E-state index in [1.807, 2.05) is 0 Å². The first-order chi connectivity index (χ1) is 11.0. The zero-order valence-corrected chi connectivity index (χ0v) is 11.5. The van der Waals surface area contributed by atoms with Crippen LogP contribution >= 0.6 is 0 Å². The molecule has 0 N–H and O–H groups in total. The highest BCUT2D eigenvalue weighted by molar-refractivity contribution is 6.14. The maximum absolute atomic E-state index is 11.8. The molecule has 1 aliphatic carbocycles. The quantitative estimate of drug-likeness (QED) is 0.597. The van der Waals surface area contributed by atoms with Crippen LogP contribution in [0.5, 0.6) is 5.75 Å². The monoisotopic (exact) mass is 312 g/mol. The van der Waals surface area contributed by atoms with Crippen molar-refractivity contribution in [2.45, 2.75) is 0 Å². The summed E-state index contributed by atoms with van der Waals surface area (Å²) < 4.78 is 14.7. The van der Waals surface area contributed by atoms with Gasteiger partial charge in [-0.2, -0.15) is 0 Å². The van der Waals surface area contributed by atoms with Crippen molar-refractivity contribution < 1.29 is 33.4 Å². The number of benzene rings is 1. The lowest BCUT2D eigenvalue weighted by Gasteiger charge is -2.18. The van der Waals surface area contributed by atoms with Gasteiger partial charge >= 0.3 is 23.9 Å². The minimum Gasteiger partial charge on any atom is -0.461 e. The van der Waals surface area contributed by atoms with E-state index in [0.717, 1.165) is 0 Å². The molecule has 23 heavy (non-hydrogen) atoms. The molecule has 1 aromatic carbocycles. The molecule has 3 aliphatic rings. The van der Waals surface area contributed by atoms with Crippen molar-refractivity contribution >= 4 is 23.9 Å². The zero-order chi connectivity index (χ0) is 16.1. The van der Waals surface area contributed by atoms with Crippen LogP contribution < -0.4 is 4.74 Å². The van der Waals surface area contributed by atoms with Gasteiger partial charge in [-0.25, -0.2) is 9.59 Å². The molecule has 0 saturated carbocycles. The standard InChI is InChI=1S/C16H8O7/c17-13-8-5-4-7(6-10(8)15(19)22-13)21-11-3-1-2-9-12(11)16(20)23-14(9)18/h1-6,9,12H. The molecule has 0 aromatic heterocycles. The fourth-order valence-electron chi connectivity index (χ4n) is 2.73. The molecule has 0 spiro atoms. The Morgan fingerprint density at radius 1 is 0.913 bits per heavy atom. The van der Waals surface area contributed by atoms with Crippen molar-refractivity contribution in [3.05, 3.63) is 53.3 Å². The summed E-state index contributed by atoms with van der Waals surface area (Å²) in [4.78, 5) is 46.3. The SMILES string of the molecule is O=C1OC(=O)c2cc(OC3=CC=CC4C(=O)OC(=O)C34)ccc21. The lowest BCUT2D eigenvalue weighted by Crippen LogP contribution is -2.23. The zero-order valence-electron chi connectivity index (χ0n) is 11.5. The van der Waals surface area contributed by atoms with E-state index in [4.69, 9.17) is 4.74 Å². The van der Waals surface area contributed by atoms with Crippen molar-refractivity contribution in [2.24, 2.45) is 11.8 Å². The number of carbonyl (C=O) groups is 4. The molecule has 0 radical (unpaired) electrons. The van der Waals surface area contributed by atoms with Crippen LogP contribution in [0.1, 0.15) is 20.7 Å². The van der Waals surface area contributed by atoms with E-state index in [1.165, 1.54) is 18.2 Å². The second kappa shape index (κ2) is 4.64. The largest absolute Gasteiger partial charge is 0.461 e. The average molecular weight is 312 g/mol. The molecule has 4 rings (SSSR count). The van der Waals surface area contributed by atoms with E-state index >= 15 is 0 Å². The first-order valence-corrected chi connectivity index (χ1v) is 6.77. The number of carbonyl (C=O) groups excluding carboxylic acids is 4. The smallest absolute Gasteiger partial charge is 0.347 e. The number of esters is 4. The molecule has 114 valence electrons. The predicted molar refractivity (Wildman–Crippen MR) is 72.1 cm³/mol. The van der Waals surface area contributed by atoms with Crippen molar-refractivity contribution in [3.8, 4) is 5.75 Å². The van der Waals surface area contributed by atoms with Crippen LogP contribution in [0.2, 0.25) is 0 Å². The van der Waals surface area contributed by atoms with Gasteiger partial charge in [0.2, 0.25) is 0 Å². The molecule has 2 aliphatic heterocycles. The third-order valence-electron chi connectivity index (χ3n) is 3.82. The summed E-state index contributed by atoms with van der Waals surface area (Å²) in [5.41, 5.74) is 0.259. The highest BCUT2D eigenvalue weighted by Crippen LogP contribution is 2.36. The van der Waals surface area contributed by atoms with Crippen molar-refractivity contribution in [3.63, 3.8) is 0 Å². The number of cyclic esters (lactones) is 4. The molecule has 0 bridgehead atoms. The summed E-state index contributed by atoms with van der Waals surface area (Å²) in [6.07, 6.45) is 4.72. The molecule has 2 heterocycles. The van der Waals surface area contributed by atoms with Crippen molar-refractivity contribution in [2.75, 3.05) is 0 Å². The van der Waals surface area contributed by atoms with Gasteiger partial charge in [-0.05, 0) is 24.3 Å². The summed E-state index contributed by atoms with van der Waals surface area (Å²) in [5.74, 6) is -3.80. The van der Waals surface area contributed by atoms with Crippen LogP contribution in [0, 0.1) is 11.8 Å². The van der Waals surface area contributed by atoms with Gasteiger partial charge in [0.25, 0.3) is 0 Å². The first kappa shape index (κ1) is 13.4. The molecule has 2 unspecified atom stereocenters. The summed E-state index contributed by atoms with van der Waals surface area (Å²) >= 11 is 0. The van der Waals surface area contributed by atoms with Crippen molar-refractivity contribution in [1.82, 2.24) is 0 Å². The molecule has 1 saturated heterocycles. The van der Waals surface area contributed by atoms with Crippen LogP contribution in [-0.4, -0.2) is 23.9 Å². The van der Waals surface area contributed by atoms with Crippen LogP contribution in [0.4, 0.5) is 0 Å². The Hall–Kier alpha value is -3.22. The van der Waals surface area contributed by atoms with Crippen LogP contribution in [0.3, 0.4) is 0 Å². The van der Waals surface area contributed by atoms with E-state index in [2.05, 4.69) is 9.47 Å². The Morgan fingerprint density at radius 3 is 2.52 bits per heavy atom. The van der Waals surface area contributed by atoms with Gasteiger partial charge in [-0.15, -0.1) is 0 Å². The molecular weight excluding hydrogens is 304 g/mol. The summed E-state index contributed by atoms with van der Waals surface area (Å²) in [6.45, 7) is 0. The lowest BCUT2D eigenvalue weighted by atomic mass is 9.89. The fourth-order valence-corrected chi connectivity index (χ4v) is 2.73. The highest BCUT2D eigenvalue weighted by atomic mass is 16.6. The Labute approximate surface area is 129 Å². The molecule has 2 atom stereocenters. The molecule has 7 heteroatoms. The van der Waals surface area contributed by atoms with Gasteiger partial charge in [0.15, 0.2) is 0 Å². The van der Waals surface area contributed by atoms with Gasteiger partial charge in [-0.3, -0.25) is 9.59 Å². The van der Waals surface area contributed by atoms with Crippen molar-refractivity contribution in [1.29, 1.82) is 0 Å². The summed E-state index contributed by atoms with van der Waals surface area (Å²) in [5, 5.41) is 0. The number of ether oxygens (including phenoxy) is 3. The van der Waals surface area contributed by atoms with E-state index in [-0.39, 0.29) is 22.6 Å². The number of hydrogen-bond donors (Lipinski definition) is 0. The van der Waals surface area contributed by atoms with Gasteiger partial charge < -0.3 is 14.2 Å². The normalized spacial score (nSPS) is 24.8. The van der Waals surface area contributed by atoms with E-state index in [1.54, 1.807) is 18.2 Å². The fraction of sp³-hybridized carbons (Fsp3) is 0.125. The Bertz CT molecular complexity index is 846. The second-order valence-corrected chi connectivity index (χ2v) is 5.18. The number of allylic oxidation sites excluding steroid dienone is 2. The molecule has 0 amide bonds. The maximum atomic E-state index is 11.8. The third kappa shape index (κ3) is 1.97. The minimum absolute atomic E-state index is 0.0982. The first-order valence-electron chi connectivity index (χ1n) is 6.77. The van der Waals surface area contributed by atoms with Gasteiger partial charge in [0.05, 0.1) is 17.0 Å². The van der Waals surface area contributed by atoms with Gasteiger partial charge in [-0.1, -0.05) is 12.2 Å². The van der Waals surface area contributed by atoms with Crippen LogP contribution in [0.25, 0.3) is 0 Å². The van der Waals surface area contributed by atoms with E-state index < -0.39 is 35.7 Å². The summed E-state index contributed by atoms with van der Waals surface area (Å²) in [6, 6.07) is 4.25. The van der Waals surface area contributed by atoms with Gasteiger partial charge in [0, 0.05) is 0 Å². The molecule has 1 aromatic rings. The molecule has 1 fully saturated rings. The number of hydrogen-bond acceptors (Lipinski definition) is 7. The topological polar surface area (TPSA) is 96.0 Å². The second-order valence-electron chi connectivity index (χ2n) is 5.18. The average Bonchev–Trinajstić information content (AvgIpc) is 2.97. The molecular formula is C16H8O7. The predicted octanol–water partition coefficient (Wildman–Crippen LogP) is 1.15. The number of fused-ring (bicyclic) bond motifs is 2. The van der Waals surface area contributed by atoms with Gasteiger partial charge in [0.1, 0.15) is 17.4 Å². The Balaban J connectivity index is 1.65. The third-order valence-corrected chi connectivity index (χ3v) is 3.82. The Morgan fingerprint density at radius 2 is 1.70 bits per heavy atom. The van der Waals surface area contributed by atoms with E-state index in [9.17, 15) is 19.2 Å².